The number of rotatable bonds is 12. The highest BCUT2D eigenvalue weighted by atomic mass is 35.5. The number of likely N-dealkylation sites (N-methyl/N-ethyl adjacent to an activating group) is 1. The van der Waals surface area contributed by atoms with E-state index < -0.39 is 6.04 Å². The van der Waals surface area contributed by atoms with Crippen molar-refractivity contribution < 1.29 is 9.59 Å². The normalized spacial score (nSPS) is 11.6. The molecule has 3 rings (SSSR count). The molecule has 7 heteroatoms. The first-order valence-electron chi connectivity index (χ1n) is 11.7. The summed E-state index contributed by atoms with van der Waals surface area (Å²) in [6.07, 6.45) is 1.47. The number of amides is 2. The molecule has 0 saturated heterocycles. The summed E-state index contributed by atoms with van der Waals surface area (Å²) in [5.74, 6) is 0.568. The Balaban J connectivity index is 1.77. The number of benzene rings is 3. The van der Waals surface area contributed by atoms with Gasteiger partial charge in [0.2, 0.25) is 11.8 Å². The first kappa shape index (κ1) is 27.1. The van der Waals surface area contributed by atoms with E-state index in [9.17, 15) is 9.59 Å². The van der Waals surface area contributed by atoms with Gasteiger partial charge in [0.15, 0.2) is 0 Å². The van der Waals surface area contributed by atoms with Gasteiger partial charge in [-0.3, -0.25) is 9.59 Å². The molecule has 0 aliphatic rings. The lowest BCUT2D eigenvalue weighted by Crippen LogP contribution is -2.50. The summed E-state index contributed by atoms with van der Waals surface area (Å²) < 4.78 is 0. The molecule has 0 aliphatic carbocycles. The topological polar surface area (TPSA) is 49.4 Å². The maximum atomic E-state index is 13.5. The molecule has 0 spiro atoms. The summed E-state index contributed by atoms with van der Waals surface area (Å²) in [5, 5.41) is 4.20. The van der Waals surface area contributed by atoms with E-state index in [2.05, 4.69) is 5.32 Å². The highest BCUT2D eigenvalue weighted by Crippen LogP contribution is 2.24. The zero-order valence-corrected chi connectivity index (χ0v) is 22.1. The number of nitrogens with zero attached hydrogens (tertiary/aromatic N) is 1. The van der Waals surface area contributed by atoms with Gasteiger partial charge in [0.25, 0.3) is 0 Å². The predicted molar refractivity (Wildman–Crippen MR) is 146 cm³/mol. The Morgan fingerprint density at radius 3 is 2.31 bits per heavy atom. The minimum absolute atomic E-state index is 0.0613. The highest BCUT2D eigenvalue weighted by Gasteiger charge is 2.30. The van der Waals surface area contributed by atoms with Gasteiger partial charge in [0, 0.05) is 40.9 Å². The van der Waals surface area contributed by atoms with Gasteiger partial charge in [-0.05, 0) is 60.6 Å². The molecule has 1 N–H and O–H groups in total. The molecule has 1 unspecified atom stereocenters. The quantitative estimate of drug-likeness (QED) is 0.211. The maximum Gasteiger partial charge on any atom is 0.243 e. The summed E-state index contributed by atoms with van der Waals surface area (Å²) in [7, 11) is 0. The van der Waals surface area contributed by atoms with Crippen LogP contribution in [0.15, 0.2) is 83.8 Å². The lowest BCUT2D eigenvalue weighted by Gasteiger charge is -2.32. The van der Waals surface area contributed by atoms with Gasteiger partial charge in [-0.2, -0.15) is 0 Å². The third-order valence-electron chi connectivity index (χ3n) is 5.54. The van der Waals surface area contributed by atoms with Crippen molar-refractivity contribution in [1.82, 2.24) is 10.2 Å². The summed E-state index contributed by atoms with van der Waals surface area (Å²) >= 11 is 14.1. The monoisotopic (exact) mass is 528 g/mol. The van der Waals surface area contributed by atoms with E-state index in [1.165, 1.54) is 0 Å². The number of carbonyl (C=O) groups is 2. The Labute approximate surface area is 222 Å². The zero-order valence-electron chi connectivity index (χ0n) is 19.8. The standard InChI is InChI=1S/C28H30Cl2N2O2S/c1-2-31-28(34)26(19-21-9-4-3-5-10-21)32(20-22-11-6-7-12-25(22)30)27(33)13-8-18-35-24-16-14-23(29)15-17-24/h3-7,9-12,14-17,26H,2,8,13,18-20H2,1H3,(H,31,34). The number of nitrogens with one attached hydrogen (secondary N) is 1. The second kappa shape index (κ2) is 14.2. The van der Waals surface area contributed by atoms with E-state index in [-0.39, 0.29) is 18.4 Å². The van der Waals surface area contributed by atoms with Crippen LogP contribution in [0.25, 0.3) is 0 Å². The van der Waals surface area contributed by atoms with Crippen LogP contribution in [0.1, 0.15) is 30.9 Å². The molecule has 0 saturated carbocycles. The largest absolute Gasteiger partial charge is 0.355 e. The van der Waals surface area contributed by atoms with Crippen LogP contribution >= 0.6 is 35.0 Å². The van der Waals surface area contributed by atoms with E-state index in [0.29, 0.717) is 35.9 Å². The van der Waals surface area contributed by atoms with Crippen LogP contribution < -0.4 is 5.32 Å². The maximum absolute atomic E-state index is 13.5. The van der Waals surface area contributed by atoms with Crippen molar-refractivity contribution in [3.05, 3.63) is 100 Å². The average molecular weight is 530 g/mol. The van der Waals surface area contributed by atoms with Crippen molar-refractivity contribution >= 4 is 46.8 Å². The second-order valence-corrected chi connectivity index (χ2v) is 10.1. The predicted octanol–water partition coefficient (Wildman–Crippen LogP) is 6.64. The van der Waals surface area contributed by atoms with E-state index in [0.717, 1.165) is 21.8 Å². The van der Waals surface area contributed by atoms with Crippen molar-refractivity contribution in [3.8, 4) is 0 Å². The van der Waals surface area contributed by atoms with Gasteiger partial charge in [0.05, 0.1) is 0 Å². The molecule has 0 heterocycles. The minimum Gasteiger partial charge on any atom is -0.355 e. The average Bonchev–Trinajstić information content (AvgIpc) is 2.86. The van der Waals surface area contributed by atoms with E-state index in [1.807, 2.05) is 79.7 Å². The van der Waals surface area contributed by atoms with E-state index in [1.54, 1.807) is 22.7 Å². The Hall–Kier alpha value is -2.47. The molecule has 0 fully saturated rings. The third kappa shape index (κ3) is 8.60. The van der Waals surface area contributed by atoms with Crippen molar-refractivity contribution in [2.45, 2.75) is 43.7 Å². The number of hydrogen-bond acceptors (Lipinski definition) is 3. The lowest BCUT2D eigenvalue weighted by molar-refractivity contribution is -0.141. The van der Waals surface area contributed by atoms with Crippen LogP contribution in [0.3, 0.4) is 0 Å². The molecular formula is C28H30Cl2N2O2S. The fourth-order valence-corrected chi connectivity index (χ4v) is 4.92. The number of carbonyl (C=O) groups excluding carboxylic acids is 2. The Morgan fingerprint density at radius 2 is 1.63 bits per heavy atom. The Kier molecular flexibility index (Phi) is 11.0. The van der Waals surface area contributed by atoms with E-state index >= 15 is 0 Å². The van der Waals surface area contributed by atoms with Crippen molar-refractivity contribution in [3.63, 3.8) is 0 Å². The van der Waals surface area contributed by atoms with Gasteiger partial charge < -0.3 is 10.2 Å². The number of thioether (sulfide) groups is 1. The van der Waals surface area contributed by atoms with Crippen molar-refractivity contribution in [2.24, 2.45) is 0 Å². The fourth-order valence-electron chi connectivity index (χ4n) is 3.74. The first-order chi connectivity index (χ1) is 17.0. The molecule has 184 valence electrons. The SMILES string of the molecule is CCNC(=O)C(Cc1ccccc1)N(Cc1ccccc1Cl)C(=O)CCCSc1ccc(Cl)cc1. The minimum atomic E-state index is -0.634. The number of halogens is 2. The molecule has 4 nitrogen and oxygen atoms in total. The van der Waals surface area contributed by atoms with Crippen molar-refractivity contribution in [2.75, 3.05) is 12.3 Å². The highest BCUT2D eigenvalue weighted by molar-refractivity contribution is 7.99. The summed E-state index contributed by atoms with van der Waals surface area (Å²) in [6.45, 7) is 2.65. The molecular weight excluding hydrogens is 499 g/mol. The van der Waals surface area contributed by atoms with Crippen molar-refractivity contribution in [1.29, 1.82) is 0 Å². The van der Waals surface area contributed by atoms with Gasteiger partial charge >= 0.3 is 0 Å². The molecule has 3 aromatic carbocycles. The molecule has 35 heavy (non-hydrogen) atoms. The smallest absolute Gasteiger partial charge is 0.243 e. The molecule has 0 bridgehead atoms. The Morgan fingerprint density at radius 1 is 0.943 bits per heavy atom. The van der Waals surface area contributed by atoms with Crippen LogP contribution in [0.2, 0.25) is 10.0 Å². The second-order valence-electron chi connectivity index (χ2n) is 8.12. The summed E-state index contributed by atoms with van der Waals surface area (Å²) in [4.78, 5) is 29.5. The summed E-state index contributed by atoms with van der Waals surface area (Å²) in [6, 6.07) is 24.3. The van der Waals surface area contributed by atoms with Crippen LogP contribution in [-0.4, -0.2) is 35.1 Å². The fraction of sp³-hybridized carbons (Fsp3) is 0.286. The van der Waals surface area contributed by atoms with Gasteiger partial charge in [-0.15, -0.1) is 11.8 Å². The first-order valence-corrected chi connectivity index (χ1v) is 13.4. The molecule has 3 aromatic rings. The molecule has 1 atom stereocenters. The molecule has 2 amide bonds. The lowest BCUT2D eigenvalue weighted by atomic mass is 10.0. The molecule has 0 radical (unpaired) electrons. The molecule has 0 aliphatic heterocycles. The zero-order chi connectivity index (χ0) is 25.0. The van der Waals surface area contributed by atoms with Gasteiger partial charge in [0.1, 0.15) is 6.04 Å². The van der Waals surface area contributed by atoms with Crippen LogP contribution in [0, 0.1) is 0 Å². The number of hydrogen-bond donors (Lipinski definition) is 1. The molecule has 0 aromatic heterocycles. The van der Waals surface area contributed by atoms with Crippen LogP contribution in [0.4, 0.5) is 0 Å². The summed E-state index contributed by atoms with van der Waals surface area (Å²) in [5.41, 5.74) is 1.82. The van der Waals surface area contributed by atoms with Gasteiger partial charge in [-0.25, -0.2) is 0 Å². The van der Waals surface area contributed by atoms with Gasteiger partial charge in [-0.1, -0.05) is 71.7 Å². The third-order valence-corrected chi connectivity index (χ3v) is 7.26. The van der Waals surface area contributed by atoms with Crippen LogP contribution in [0.5, 0.6) is 0 Å². The van der Waals surface area contributed by atoms with E-state index in [4.69, 9.17) is 23.2 Å². The van der Waals surface area contributed by atoms with Crippen LogP contribution in [-0.2, 0) is 22.6 Å². The Bertz CT molecular complexity index is 1090.